The Morgan fingerprint density at radius 2 is 1.48 bits per heavy atom. The number of nitrogens with zero attached hydrogens (tertiary/aromatic N) is 1. The fraction of sp³-hybridized carbons (Fsp3) is 0.391. The molecule has 0 aliphatic rings. The van der Waals surface area contributed by atoms with Crippen LogP contribution < -0.4 is 5.32 Å². The summed E-state index contributed by atoms with van der Waals surface area (Å²) in [6.07, 6.45) is 0.756. The lowest BCUT2D eigenvalue weighted by atomic mass is 10.1. The average Bonchev–Trinajstić information content (AvgIpc) is 2.64. The van der Waals surface area contributed by atoms with E-state index in [1.807, 2.05) is 63.2 Å². The van der Waals surface area contributed by atoms with Crippen LogP contribution in [0, 0.1) is 0 Å². The van der Waals surface area contributed by atoms with Gasteiger partial charge in [0.15, 0.2) is 0 Å². The van der Waals surface area contributed by atoms with Crippen molar-refractivity contribution >= 4 is 35.0 Å². The van der Waals surface area contributed by atoms with Crippen molar-refractivity contribution in [2.75, 3.05) is 0 Å². The van der Waals surface area contributed by atoms with Crippen molar-refractivity contribution in [3.63, 3.8) is 0 Å². The first-order chi connectivity index (χ1) is 13.6. The fourth-order valence-electron chi connectivity index (χ4n) is 2.95. The predicted molar refractivity (Wildman–Crippen MR) is 119 cm³/mol. The molecule has 2 aromatic carbocycles. The van der Waals surface area contributed by atoms with Gasteiger partial charge in [0.05, 0.1) is 0 Å². The van der Waals surface area contributed by atoms with Crippen molar-refractivity contribution in [1.29, 1.82) is 0 Å². The third-order valence-electron chi connectivity index (χ3n) is 4.53. The summed E-state index contributed by atoms with van der Waals surface area (Å²) in [5, 5.41) is 4.16. The minimum absolute atomic E-state index is 0.124. The van der Waals surface area contributed by atoms with Crippen molar-refractivity contribution in [2.45, 2.75) is 58.7 Å². The van der Waals surface area contributed by atoms with E-state index in [2.05, 4.69) is 5.32 Å². The molecular formula is C23H28Cl2N2O2. The minimum Gasteiger partial charge on any atom is -0.350 e. The summed E-state index contributed by atoms with van der Waals surface area (Å²) in [6.45, 7) is 7.74. The van der Waals surface area contributed by atoms with E-state index in [0.717, 1.165) is 11.1 Å². The van der Waals surface area contributed by atoms with Crippen LogP contribution in [-0.2, 0) is 22.6 Å². The number of benzene rings is 2. The number of amides is 2. The molecule has 0 aliphatic carbocycles. The number of nitrogens with one attached hydrogen (secondary N) is 1. The van der Waals surface area contributed by atoms with Crippen LogP contribution in [0.4, 0.5) is 0 Å². The first-order valence-electron chi connectivity index (χ1n) is 9.67. The molecule has 156 valence electrons. The molecule has 0 radical (unpaired) electrons. The zero-order valence-corrected chi connectivity index (χ0v) is 18.8. The second kappa shape index (κ2) is 10.1. The van der Waals surface area contributed by atoms with E-state index in [-0.39, 0.29) is 30.3 Å². The number of rotatable bonds is 7. The number of aryl methyl sites for hydroxylation is 1. The van der Waals surface area contributed by atoms with E-state index in [1.165, 1.54) is 0 Å². The largest absolute Gasteiger partial charge is 0.350 e. The van der Waals surface area contributed by atoms with Crippen molar-refractivity contribution in [2.24, 2.45) is 0 Å². The highest BCUT2D eigenvalue weighted by atomic mass is 35.5. The molecule has 1 atom stereocenters. The summed E-state index contributed by atoms with van der Waals surface area (Å²) in [4.78, 5) is 27.4. The standard InChI is InChI=1S/C23H28Cl2N2O2/c1-16(22(29)26-23(2,3)4)27(15-18-10-6-8-12-20(18)25)21(28)14-13-17-9-5-7-11-19(17)24/h5-12,16H,13-15H2,1-4H3,(H,26,29)/t16-/m0/s1. The lowest BCUT2D eigenvalue weighted by Gasteiger charge is -2.31. The molecule has 0 bridgehead atoms. The van der Waals surface area contributed by atoms with Crippen molar-refractivity contribution in [3.05, 3.63) is 69.7 Å². The van der Waals surface area contributed by atoms with Crippen LogP contribution in [0.3, 0.4) is 0 Å². The smallest absolute Gasteiger partial charge is 0.242 e. The highest BCUT2D eigenvalue weighted by Crippen LogP contribution is 2.21. The van der Waals surface area contributed by atoms with Crippen LogP contribution in [-0.4, -0.2) is 28.3 Å². The van der Waals surface area contributed by atoms with Crippen LogP contribution in [0.15, 0.2) is 48.5 Å². The molecule has 0 saturated heterocycles. The molecule has 0 aliphatic heterocycles. The lowest BCUT2D eigenvalue weighted by Crippen LogP contribution is -2.52. The van der Waals surface area contributed by atoms with Gasteiger partial charge in [0.1, 0.15) is 6.04 Å². The number of carbonyl (C=O) groups is 2. The highest BCUT2D eigenvalue weighted by molar-refractivity contribution is 6.31. The first-order valence-corrected chi connectivity index (χ1v) is 10.4. The predicted octanol–water partition coefficient (Wildman–Crippen LogP) is 5.26. The van der Waals surface area contributed by atoms with E-state index >= 15 is 0 Å². The van der Waals surface area contributed by atoms with E-state index in [9.17, 15) is 9.59 Å². The second-order valence-corrected chi connectivity index (χ2v) is 8.93. The van der Waals surface area contributed by atoms with Gasteiger partial charge >= 0.3 is 0 Å². The average molecular weight is 435 g/mol. The maximum atomic E-state index is 13.1. The Morgan fingerprint density at radius 3 is 2.00 bits per heavy atom. The summed E-state index contributed by atoms with van der Waals surface area (Å²) in [5.41, 5.74) is 1.32. The van der Waals surface area contributed by atoms with Crippen LogP contribution in [0.25, 0.3) is 0 Å². The Kier molecular flexibility index (Phi) is 8.12. The molecule has 0 unspecified atom stereocenters. The third kappa shape index (κ3) is 7.06. The molecule has 0 aromatic heterocycles. The van der Waals surface area contributed by atoms with Gasteiger partial charge in [-0.05, 0) is 57.4 Å². The van der Waals surface area contributed by atoms with Gasteiger partial charge in [-0.1, -0.05) is 59.6 Å². The van der Waals surface area contributed by atoms with Crippen LogP contribution in [0.5, 0.6) is 0 Å². The number of carbonyl (C=O) groups excluding carboxylic acids is 2. The highest BCUT2D eigenvalue weighted by Gasteiger charge is 2.28. The van der Waals surface area contributed by atoms with Gasteiger partial charge in [-0.3, -0.25) is 9.59 Å². The molecule has 0 fully saturated rings. The van der Waals surface area contributed by atoms with E-state index in [0.29, 0.717) is 16.5 Å². The van der Waals surface area contributed by atoms with Crippen molar-refractivity contribution in [1.82, 2.24) is 10.2 Å². The molecule has 0 spiro atoms. The molecule has 2 amide bonds. The zero-order chi connectivity index (χ0) is 21.6. The summed E-state index contributed by atoms with van der Waals surface area (Å²) in [7, 11) is 0. The van der Waals surface area contributed by atoms with Gasteiger partial charge in [0.25, 0.3) is 0 Å². The van der Waals surface area contributed by atoms with Gasteiger partial charge in [-0.15, -0.1) is 0 Å². The Bertz CT molecular complexity index is 862. The lowest BCUT2D eigenvalue weighted by molar-refractivity contribution is -0.141. The summed E-state index contributed by atoms with van der Waals surface area (Å²) in [5.74, 6) is -0.322. The van der Waals surface area contributed by atoms with Crippen LogP contribution >= 0.6 is 23.2 Å². The summed E-state index contributed by atoms with van der Waals surface area (Å²) in [6, 6.07) is 14.2. The Balaban J connectivity index is 2.20. The van der Waals surface area contributed by atoms with Crippen molar-refractivity contribution < 1.29 is 9.59 Å². The summed E-state index contributed by atoms with van der Waals surface area (Å²) < 4.78 is 0. The SMILES string of the molecule is C[C@@H](C(=O)NC(C)(C)C)N(Cc1ccccc1Cl)C(=O)CCc1ccccc1Cl. The van der Waals surface area contributed by atoms with Gasteiger partial charge in [-0.25, -0.2) is 0 Å². The van der Waals surface area contributed by atoms with Gasteiger partial charge in [-0.2, -0.15) is 0 Å². The third-order valence-corrected chi connectivity index (χ3v) is 5.27. The van der Waals surface area contributed by atoms with Crippen molar-refractivity contribution in [3.8, 4) is 0 Å². The number of hydrogen-bond acceptors (Lipinski definition) is 2. The van der Waals surface area contributed by atoms with E-state index in [1.54, 1.807) is 17.9 Å². The maximum Gasteiger partial charge on any atom is 0.242 e. The molecule has 2 rings (SSSR count). The molecule has 0 saturated carbocycles. The van der Waals surface area contributed by atoms with Crippen LogP contribution in [0.2, 0.25) is 10.0 Å². The maximum absolute atomic E-state index is 13.1. The quantitative estimate of drug-likeness (QED) is 0.645. The topological polar surface area (TPSA) is 49.4 Å². The van der Waals surface area contributed by atoms with E-state index in [4.69, 9.17) is 23.2 Å². The van der Waals surface area contributed by atoms with Crippen LogP contribution in [0.1, 0.15) is 45.2 Å². The molecular weight excluding hydrogens is 407 g/mol. The number of halogens is 2. The van der Waals surface area contributed by atoms with E-state index < -0.39 is 6.04 Å². The summed E-state index contributed by atoms with van der Waals surface area (Å²) >= 11 is 12.5. The second-order valence-electron chi connectivity index (χ2n) is 8.12. The number of hydrogen-bond donors (Lipinski definition) is 1. The fourth-order valence-corrected chi connectivity index (χ4v) is 3.38. The van der Waals surface area contributed by atoms with Gasteiger partial charge in [0, 0.05) is 28.5 Å². The van der Waals surface area contributed by atoms with Gasteiger partial charge in [0.2, 0.25) is 11.8 Å². The molecule has 29 heavy (non-hydrogen) atoms. The zero-order valence-electron chi connectivity index (χ0n) is 17.3. The first kappa shape index (κ1) is 23.2. The minimum atomic E-state index is -0.635. The molecule has 2 aromatic rings. The molecule has 4 nitrogen and oxygen atoms in total. The monoisotopic (exact) mass is 434 g/mol. The Morgan fingerprint density at radius 1 is 0.966 bits per heavy atom. The Labute approximate surface area is 183 Å². The molecule has 6 heteroatoms. The Hall–Kier alpha value is -2.04. The molecule has 0 heterocycles. The normalized spacial score (nSPS) is 12.3. The van der Waals surface area contributed by atoms with Gasteiger partial charge < -0.3 is 10.2 Å². The molecule has 1 N–H and O–H groups in total.